The van der Waals surface area contributed by atoms with Crippen molar-refractivity contribution in [2.45, 2.75) is 19.0 Å². The minimum Gasteiger partial charge on any atom is -0.460 e. The molecule has 1 saturated heterocycles. The van der Waals surface area contributed by atoms with E-state index in [2.05, 4.69) is 0 Å². The number of aliphatic hydroxyl groups is 1. The van der Waals surface area contributed by atoms with Gasteiger partial charge in [0.25, 0.3) is 0 Å². The summed E-state index contributed by atoms with van der Waals surface area (Å²) in [6.45, 7) is 0.990. The molecule has 1 aliphatic rings. The van der Waals surface area contributed by atoms with Gasteiger partial charge in [-0.1, -0.05) is 18.2 Å². The molecule has 3 rings (SSSR count). The standard InChI is InChI=1S/C15H19NO4S/c17-7-6-16(13-5-8-21(18,19)11-13)10-14-9-12-3-1-2-4-15(12)20-14/h1-4,9,13,17H,5-8,10-11H2. The van der Waals surface area contributed by atoms with E-state index in [1.807, 2.05) is 35.2 Å². The maximum Gasteiger partial charge on any atom is 0.151 e. The van der Waals surface area contributed by atoms with E-state index in [1.54, 1.807) is 0 Å². The summed E-state index contributed by atoms with van der Waals surface area (Å²) in [4.78, 5) is 2.00. The van der Waals surface area contributed by atoms with E-state index in [0.29, 0.717) is 19.5 Å². The molecular formula is C15H19NO4S. The van der Waals surface area contributed by atoms with Gasteiger partial charge in [0, 0.05) is 18.0 Å². The molecule has 1 aliphatic heterocycles. The van der Waals surface area contributed by atoms with Gasteiger partial charge in [0.1, 0.15) is 11.3 Å². The quantitative estimate of drug-likeness (QED) is 0.904. The van der Waals surface area contributed by atoms with Crippen LogP contribution in [0.4, 0.5) is 0 Å². The van der Waals surface area contributed by atoms with Crippen LogP contribution in [0.5, 0.6) is 0 Å². The number of furan rings is 1. The fraction of sp³-hybridized carbons (Fsp3) is 0.467. The molecule has 5 nitrogen and oxygen atoms in total. The van der Waals surface area contributed by atoms with Crippen molar-refractivity contribution >= 4 is 20.8 Å². The normalized spacial score (nSPS) is 21.3. The lowest BCUT2D eigenvalue weighted by atomic mass is 10.2. The highest BCUT2D eigenvalue weighted by atomic mass is 32.2. The number of rotatable bonds is 5. The molecule has 1 N–H and O–H groups in total. The number of aliphatic hydroxyl groups excluding tert-OH is 1. The van der Waals surface area contributed by atoms with Crippen LogP contribution in [0, 0.1) is 0 Å². The fourth-order valence-corrected chi connectivity index (χ4v) is 4.66. The highest BCUT2D eigenvalue weighted by Crippen LogP contribution is 2.23. The number of hydrogen-bond acceptors (Lipinski definition) is 5. The third-order valence-corrected chi connectivity index (χ3v) is 5.70. The number of hydrogen-bond donors (Lipinski definition) is 1. The molecule has 1 aromatic carbocycles. The molecule has 114 valence electrons. The van der Waals surface area contributed by atoms with E-state index >= 15 is 0 Å². The highest BCUT2D eigenvalue weighted by molar-refractivity contribution is 7.91. The first-order valence-corrected chi connectivity index (χ1v) is 8.92. The molecule has 1 atom stereocenters. The van der Waals surface area contributed by atoms with E-state index in [9.17, 15) is 13.5 Å². The predicted molar refractivity (Wildman–Crippen MR) is 80.8 cm³/mol. The van der Waals surface area contributed by atoms with Crippen molar-refractivity contribution in [1.29, 1.82) is 0 Å². The molecule has 1 aromatic heterocycles. The molecule has 2 aromatic rings. The molecule has 0 amide bonds. The van der Waals surface area contributed by atoms with Gasteiger partial charge in [0.05, 0.1) is 24.7 Å². The zero-order valence-electron chi connectivity index (χ0n) is 11.7. The number of para-hydroxylation sites is 1. The number of nitrogens with zero attached hydrogens (tertiary/aromatic N) is 1. The third kappa shape index (κ3) is 3.28. The summed E-state index contributed by atoms with van der Waals surface area (Å²) < 4.78 is 29.0. The van der Waals surface area contributed by atoms with E-state index in [-0.39, 0.29) is 24.2 Å². The van der Waals surface area contributed by atoms with E-state index in [1.165, 1.54) is 0 Å². The van der Waals surface area contributed by atoms with Gasteiger partial charge in [0.15, 0.2) is 9.84 Å². The molecule has 2 heterocycles. The van der Waals surface area contributed by atoms with E-state index < -0.39 is 9.84 Å². The maximum absolute atomic E-state index is 11.6. The first kappa shape index (κ1) is 14.6. The molecule has 0 aliphatic carbocycles. The van der Waals surface area contributed by atoms with E-state index in [0.717, 1.165) is 16.7 Å². The Labute approximate surface area is 124 Å². The molecule has 0 radical (unpaired) electrons. The minimum atomic E-state index is -2.93. The van der Waals surface area contributed by atoms with Gasteiger partial charge in [-0.15, -0.1) is 0 Å². The molecule has 0 saturated carbocycles. The van der Waals surface area contributed by atoms with Crippen LogP contribution in [0.1, 0.15) is 12.2 Å². The molecule has 1 unspecified atom stereocenters. The van der Waals surface area contributed by atoms with Crippen LogP contribution >= 0.6 is 0 Å². The van der Waals surface area contributed by atoms with Gasteiger partial charge in [0.2, 0.25) is 0 Å². The number of sulfone groups is 1. The second-order valence-electron chi connectivity index (χ2n) is 5.50. The molecular weight excluding hydrogens is 290 g/mol. The number of fused-ring (bicyclic) bond motifs is 1. The molecule has 1 fully saturated rings. The van der Waals surface area contributed by atoms with Crippen LogP contribution in [-0.2, 0) is 16.4 Å². The predicted octanol–water partition coefficient (Wildman–Crippen LogP) is 1.41. The van der Waals surface area contributed by atoms with Crippen molar-refractivity contribution in [2.75, 3.05) is 24.7 Å². The summed E-state index contributed by atoms with van der Waals surface area (Å²) in [5.74, 6) is 1.21. The lowest BCUT2D eigenvalue weighted by molar-refractivity contribution is 0.145. The van der Waals surface area contributed by atoms with Crippen molar-refractivity contribution in [2.24, 2.45) is 0 Å². The van der Waals surface area contributed by atoms with Gasteiger partial charge in [-0.3, -0.25) is 4.90 Å². The zero-order chi connectivity index (χ0) is 14.9. The molecule has 0 bridgehead atoms. The van der Waals surface area contributed by atoms with Crippen LogP contribution < -0.4 is 0 Å². The second-order valence-corrected chi connectivity index (χ2v) is 7.73. The Morgan fingerprint density at radius 3 is 2.81 bits per heavy atom. The summed E-state index contributed by atoms with van der Waals surface area (Å²) in [5.41, 5.74) is 0.829. The summed E-state index contributed by atoms with van der Waals surface area (Å²) >= 11 is 0. The average molecular weight is 309 g/mol. The first-order valence-electron chi connectivity index (χ1n) is 7.10. The van der Waals surface area contributed by atoms with Crippen molar-refractivity contribution < 1.29 is 17.9 Å². The Bertz CT molecular complexity index is 689. The third-order valence-electron chi connectivity index (χ3n) is 3.95. The monoisotopic (exact) mass is 309 g/mol. The Morgan fingerprint density at radius 1 is 1.33 bits per heavy atom. The van der Waals surface area contributed by atoms with Crippen LogP contribution in [0.2, 0.25) is 0 Å². The topological polar surface area (TPSA) is 70.8 Å². The second kappa shape index (κ2) is 5.79. The lowest BCUT2D eigenvalue weighted by Crippen LogP contribution is -2.37. The Hall–Kier alpha value is -1.37. The number of benzene rings is 1. The van der Waals surface area contributed by atoms with Gasteiger partial charge in [-0.2, -0.15) is 0 Å². The van der Waals surface area contributed by atoms with Crippen LogP contribution in [0.25, 0.3) is 11.0 Å². The SMILES string of the molecule is O=S1(=O)CCC(N(CCO)Cc2cc3ccccc3o2)C1. The fourth-order valence-electron chi connectivity index (χ4n) is 2.90. The van der Waals surface area contributed by atoms with Gasteiger partial charge < -0.3 is 9.52 Å². The molecule has 21 heavy (non-hydrogen) atoms. The Morgan fingerprint density at radius 2 is 2.14 bits per heavy atom. The largest absolute Gasteiger partial charge is 0.460 e. The highest BCUT2D eigenvalue weighted by Gasteiger charge is 2.32. The average Bonchev–Trinajstić information content (AvgIpc) is 3.00. The molecule has 0 spiro atoms. The Kier molecular flexibility index (Phi) is 4.01. The summed E-state index contributed by atoms with van der Waals surface area (Å²) in [6.07, 6.45) is 0.628. The smallest absolute Gasteiger partial charge is 0.151 e. The maximum atomic E-state index is 11.6. The van der Waals surface area contributed by atoms with Crippen LogP contribution in [0.3, 0.4) is 0 Å². The van der Waals surface area contributed by atoms with Crippen molar-refractivity contribution in [1.82, 2.24) is 4.90 Å². The van der Waals surface area contributed by atoms with Crippen molar-refractivity contribution in [3.05, 3.63) is 36.1 Å². The van der Waals surface area contributed by atoms with E-state index in [4.69, 9.17) is 4.42 Å². The Balaban J connectivity index is 1.78. The lowest BCUT2D eigenvalue weighted by Gasteiger charge is -2.26. The van der Waals surface area contributed by atoms with Crippen LogP contribution in [-0.4, -0.2) is 49.1 Å². The minimum absolute atomic E-state index is 0.0107. The van der Waals surface area contributed by atoms with Gasteiger partial charge in [-0.05, 0) is 18.6 Å². The van der Waals surface area contributed by atoms with Gasteiger partial charge >= 0.3 is 0 Å². The van der Waals surface area contributed by atoms with Crippen molar-refractivity contribution in [3.63, 3.8) is 0 Å². The summed E-state index contributed by atoms with van der Waals surface area (Å²) in [5, 5.41) is 10.3. The first-order chi connectivity index (χ1) is 10.1. The summed E-state index contributed by atoms with van der Waals surface area (Å²) in [6, 6.07) is 9.72. The van der Waals surface area contributed by atoms with Gasteiger partial charge in [-0.25, -0.2) is 8.42 Å². The summed E-state index contributed by atoms with van der Waals surface area (Å²) in [7, 11) is -2.93. The zero-order valence-corrected chi connectivity index (χ0v) is 12.6. The van der Waals surface area contributed by atoms with Crippen LogP contribution in [0.15, 0.2) is 34.7 Å². The molecule has 6 heteroatoms. The van der Waals surface area contributed by atoms with Crippen molar-refractivity contribution in [3.8, 4) is 0 Å².